The fourth-order valence-corrected chi connectivity index (χ4v) is 11.2. The zero-order chi connectivity index (χ0) is 46.5. The van der Waals surface area contributed by atoms with E-state index in [4.69, 9.17) is 8.83 Å². The number of nitrogens with zero attached hydrogens (tertiary/aromatic N) is 2. The highest BCUT2D eigenvalue weighted by atomic mass is 16.3. The quantitative estimate of drug-likeness (QED) is 0.142. The Morgan fingerprint density at radius 2 is 0.729 bits per heavy atom. The number of hydrogen-bond acceptors (Lipinski definition) is 4. The van der Waals surface area contributed by atoms with Crippen molar-refractivity contribution in [2.45, 2.75) is 13.8 Å². The second-order valence-corrected chi connectivity index (χ2v) is 18.5. The van der Waals surface area contributed by atoms with E-state index in [2.05, 4.69) is 242 Å². The SMILES string of the molecule is Cc1cccc(-c2ccc3c(N(c4ccccc4)c4cccc5c4oc4ccccc45)cc4c(-c5cccc(C)c5)cc(N(c5ccccc5)c5cccc6c5oc5ccccc56)c5ccc2c3c45)c1. The average molecular weight is 897 g/mol. The molecule has 0 N–H and O–H groups in total. The number of furan rings is 2. The zero-order valence-electron chi connectivity index (χ0n) is 38.7. The molecule has 14 aromatic rings. The van der Waals surface area contributed by atoms with Gasteiger partial charge in [0, 0.05) is 54.5 Å². The average Bonchev–Trinajstić information content (AvgIpc) is 3.99. The number of fused-ring (bicyclic) bond motifs is 6. The van der Waals surface area contributed by atoms with Crippen LogP contribution in [0.3, 0.4) is 0 Å². The van der Waals surface area contributed by atoms with Crippen molar-refractivity contribution in [2.75, 3.05) is 9.80 Å². The standard InChI is InChI=1S/C66H44N2O2/c1-41-17-13-19-43(37-41)47-33-35-53-60(68(46-23-7-4-8-24-46)58-30-16-28-52-49-26-10-12-32-62(49)70-66(52)58)40-56-55(44-20-14-18-42(2)38-44)39-59(54-36-34-50(47)63(53)64(54)56)67(45-21-5-3-6-22-45)57-29-15-27-51-48-25-9-11-31-61(48)69-65(51)57/h3-40H,1-2H3. The van der Waals surface area contributed by atoms with Crippen LogP contribution in [0, 0.1) is 13.8 Å². The number of anilines is 6. The monoisotopic (exact) mass is 896 g/mol. The summed E-state index contributed by atoms with van der Waals surface area (Å²) < 4.78 is 13.7. The molecule has 0 amide bonds. The van der Waals surface area contributed by atoms with Crippen molar-refractivity contribution in [3.8, 4) is 22.3 Å². The third-order valence-electron chi connectivity index (χ3n) is 14.3. The smallest absolute Gasteiger partial charge is 0.159 e. The minimum Gasteiger partial charge on any atom is -0.454 e. The molecule has 14 rings (SSSR count). The molecule has 70 heavy (non-hydrogen) atoms. The summed E-state index contributed by atoms with van der Waals surface area (Å²) >= 11 is 0. The Morgan fingerprint density at radius 1 is 0.286 bits per heavy atom. The maximum atomic E-state index is 6.87. The molecular formula is C66H44N2O2. The third kappa shape index (κ3) is 6.16. The maximum absolute atomic E-state index is 6.87. The highest BCUT2D eigenvalue weighted by Crippen LogP contribution is 2.54. The van der Waals surface area contributed by atoms with Crippen molar-refractivity contribution < 1.29 is 8.83 Å². The minimum atomic E-state index is 0.845. The van der Waals surface area contributed by atoms with Crippen molar-refractivity contribution in [3.05, 3.63) is 242 Å². The van der Waals surface area contributed by atoms with Crippen LogP contribution in [0.5, 0.6) is 0 Å². The molecule has 0 bridgehead atoms. The van der Waals surface area contributed by atoms with Gasteiger partial charge in [-0.1, -0.05) is 181 Å². The number of hydrogen-bond donors (Lipinski definition) is 0. The molecule has 2 aromatic heterocycles. The van der Waals surface area contributed by atoms with E-state index in [1.807, 2.05) is 12.1 Å². The molecule has 330 valence electrons. The van der Waals surface area contributed by atoms with Crippen molar-refractivity contribution in [1.82, 2.24) is 0 Å². The summed E-state index contributed by atoms with van der Waals surface area (Å²) in [7, 11) is 0. The highest BCUT2D eigenvalue weighted by molar-refractivity contribution is 6.33. The van der Waals surface area contributed by atoms with Crippen LogP contribution in [0.25, 0.3) is 98.4 Å². The van der Waals surface area contributed by atoms with Gasteiger partial charge in [0.2, 0.25) is 0 Å². The number of benzene rings is 12. The zero-order valence-corrected chi connectivity index (χ0v) is 38.7. The van der Waals surface area contributed by atoms with E-state index >= 15 is 0 Å². The second kappa shape index (κ2) is 15.7. The van der Waals surface area contributed by atoms with Gasteiger partial charge in [-0.25, -0.2) is 0 Å². The molecule has 4 heteroatoms. The minimum absolute atomic E-state index is 0.845. The second-order valence-electron chi connectivity index (χ2n) is 18.5. The molecule has 0 saturated carbocycles. The lowest BCUT2D eigenvalue weighted by molar-refractivity contribution is 0.669. The molecule has 0 unspecified atom stereocenters. The Morgan fingerprint density at radius 3 is 1.29 bits per heavy atom. The molecular weight excluding hydrogens is 853 g/mol. The van der Waals surface area contributed by atoms with Crippen LogP contribution in [0.4, 0.5) is 34.1 Å². The summed E-state index contributed by atoms with van der Waals surface area (Å²) in [4.78, 5) is 4.83. The Hall–Kier alpha value is -9.12. The van der Waals surface area contributed by atoms with Crippen LogP contribution in [-0.2, 0) is 0 Å². The van der Waals surface area contributed by atoms with Crippen LogP contribution in [0.15, 0.2) is 239 Å². The summed E-state index contributed by atoms with van der Waals surface area (Å²) in [6.07, 6.45) is 0. The summed E-state index contributed by atoms with van der Waals surface area (Å²) in [5, 5.41) is 11.4. The maximum Gasteiger partial charge on any atom is 0.159 e. The first-order valence-corrected chi connectivity index (χ1v) is 24.0. The van der Waals surface area contributed by atoms with Gasteiger partial charge in [0.25, 0.3) is 0 Å². The lowest BCUT2D eigenvalue weighted by Gasteiger charge is -2.31. The Balaban J connectivity index is 1.16. The fraction of sp³-hybridized carbons (Fsp3) is 0.0303. The van der Waals surface area contributed by atoms with E-state index in [1.54, 1.807) is 0 Å². The van der Waals surface area contributed by atoms with Crippen LogP contribution in [0.1, 0.15) is 11.1 Å². The van der Waals surface area contributed by atoms with E-state index in [-0.39, 0.29) is 0 Å². The Bertz CT molecular complexity index is 4330. The van der Waals surface area contributed by atoms with Gasteiger partial charge in [0.1, 0.15) is 11.2 Å². The molecule has 0 aliphatic rings. The first-order chi connectivity index (χ1) is 34.6. The normalized spacial score (nSPS) is 11.9. The summed E-state index contributed by atoms with van der Waals surface area (Å²) in [6, 6.07) is 83.4. The number of para-hydroxylation sites is 6. The van der Waals surface area contributed by atoms with E-state index < -0.39 is 0 Å². The molecule has 0 aliphatic heterocycles. The molecule has 2 heterocycles. The third-order valence-corrected chi connectivity index (χ3v) is 14.3. The van der Waals surface area contributed by atoms with E-state index in [0.717, 1.165) is 105 Å². The van der Waals surface area contributed by atoms with Crippen LogP contribution in [-0.4, -0.2) is 0 Å². The van der Waals surface area contributed by atoms with Gasteiger partial charge in [-0.2, -0.15) is 0 Å². The first-order valence-electron chi connectivity index (χ1n) is 24.0. The van der Waals surface area contributed by atoms with Crippen molar-refractivity contribution in [1.29, 1.82) is 0 Å². The Kier molecular flexibility index (Phi) is 8.99. The van der Waals surface area contributed by atoms with E-state index in [9.17, 15) is 0 Å². The molecule has 0 atom stereocenters. The summed E-state index contributed by atoms with van der Waals surface area (Å²) in [5.41, 5.74) is 16.6. The van der Waals surface area contributed by atoms with Gasteiger partial charge in [-0.05, 0) is 108 Å². The molecule has 0 spiro atoms. The van der Waals surface area contributed by atoms with Gasteiger partial charge in [0.05, 0.1) is 22.7 Å². The van der Waals surface area contributed by atoms with E-state index in [1.165, 1.54) is 38.4 Å². The molecule has 4 nitrogen and oxygen atoms in total. The van der Waals surface area contributed by atoms with Gasteiger partial charge < -0.3 is 18.6 Å². The molecule has 0 radical (unpaired) electrons. The molecule has 0 fully saturated rings. The molecule has 12 aromatic carbocycles. The fourth-order valence-electron chi connectivity index (χ4n) is 11.2. The van der Waals surface area contributed by atoms with Gasteiger partial charge in [-0.3, -0.25) is 0 Å². The predicted octanol–water partition coefficient (Wildman–Crippen LogP) is 19.3. The van der Waals surface area contributed by atoms with Crippen LogP contribution < -0.4 is 9.80 Å². The van der Waals surface area contributed by atoms with Gasteiger partial charge >= 0.3 is 0 Å². The van der Waals surface area contributed by atoms with Gasteiger partial charge in [0.15, 0.2) is 11.2 Å². The van der Waals surface area contributed by atoms with Crippen molar-refractivity contribution >= 4 is 110 Å². The summed E-state index contributed by atoms with van der Waals surface area (Å²) in [5.74, 6) is 0. The lowest BCUT2D eigenvalue weighted by atomic mass is 9.84. The Labute approximate surface area is 404 Å². The number of rotatable bonds is 8. The molecule has 0 aliphatic carbocycles. The van der Waals surface area contributed by atoms with Crippen LogP contribution >= 0.6 is 0 Å². The first kappa shape index (κ1) is 40.0. The largest absolute Gasteiger partial charge is 0.454 e. The van der Waals surface area contributed by atoms with Gasteiger partial charge in [-0.15, -0.1) is 0 Å². The van der Waals surface area contributed by atoms with Crippen molar-refractivity contribution in [2.24, 2.45) is 0 Å². The lowest BCUT2D eigenvalue weighted by Crippen LogP contribution is -2.13. The van der Waals surface area contributed by atoms with Crippen LogP contribution in [0.2, 0.25) is 0 Å². The molecule has 0 saturated heterocycles. The topological polar surface area (TPSA) is 32.8 Å². The van der Waals surface area contributed by atoms with E-state index in [0.29, 0.717) is 0 Å². The summed E-state index contributed by atoms with van der Waals surface area (Å²) in [6.45, 7) is 4.36. The van der Waals surface area contributed by atoms with Crippen molar-refractivity contribution in [3.63, 3.8) is 0 Å². The predicted molar refractivity (Wildman–Crippen MR) is 294 cm³/mol. The number of aryl methyl sites for hydroxylation is 2. The highest BCUT2D eigenvalue weighted by Gasteiger charge is 2.28.